The summed E-state index contributed by atoms with van der Waals surface area (Å²) in [6.45, 7) is 0.500. The van der Waals surface area contributed by atoms with Crippen LogP contribution in [0.3, 0.4) is 0 Å². The minimum absolute atomic E-state index is 0. The summed E-state index contributed by atoms with van der Waals surface area (Å²) in [7, 11) is 1.36. The number of rotatable bonds is 7. The number of carbonyl (C=O) groups excluding carboxylic acids is 1. The third-order valence-corrected chi connectivity index (χ3v) is 3.14. The van der Waals surface area contributed by atoms with Crippen molar-refractivity contribution in [1.82, 2.24) is 0 Å². The van der Waals surface area contributed by atoms with E-state index in [1.807, 2.05) is 54.6 Å². The first-order chi connectivity index (χ1) is 10.2. The fourth-order valence-corrected chi connectivity index (χ4v) is 1.94. The van der Waals surface area contributed by atoms with Crippen LogP contribution in [-0.2, 0) is 22.6 Å². The number of aliphatic carboxylic acids is 1. The average Bonchev–Trinajstić information content (AvgIpc) is 2.52. The van der Waals surface area contributed by atoms with Gasteiger partial charge in [0, 0.05) is 13.5 Å². The molecule has 22 heavy (non-hydrogen) atoms. The monoisotopic (exact) mass is 308 g/mol. The summed E-state index contributed by atoms with van der Waals surface area (Å²) < 4.78 is 10.5. The van der Waals surface area contributed by atoms with E-state index in [0.717, 1.165) is 16.9 Å². The molecule has 2 aromatic rings. The first-order valence-electron chi connectivity index (χ1n) is 6.68. The van der Waals surface area contributed by atoms with Crippen molar-refractivity contribution in [3.63, 3.8) is 0 Å². The summed E-state index contributed by atoms with van der Waals surface area (Å²) in [5, 5.41) is 10.8. The van der Waals surface area contributed by atoms with Gasteiger partial charge in [0.05, 0.1) is 5.97 Å². The van der Waals surface area contributed by atoms with E-state index in [4.69, 9.17) is 9.47 Å². The van der Waals surface area contributed by atoms with Gasteiger partial charge in [0.15, 0.2) is 0 Å². The van der Waals surface area contributed by atoms with Crippen LogP contribution in [0.1, 0.15) is 11.1 Å². The van der Waals surface area contributed by atoms with Gasteiger partial charge in [0.2, 0.25) is 0 Å². The van der Waals surface area contributed by atoms with Gasteiger partial charge in [0.1, 0.15) is 18.5 Å². The Morgan fingerprint density at radius 3 is 2.23 bits per heavy atom. The van der Waals surface area contributed by atoms with Gasteiger partial charge in [-0.3, -0.25) is 0 Å². The molecule has 0 saturated carbocycles. The molecule has 0 aliphatic rings. The number of carboxylic acid groups (broad SMARTS) is 1. The van der Waals surface area contributed by atoms with Crippen LogP contribution in [0.2, 0.25) is 0 Å². The molecule has 0 bridgehead atoms. The fourth-order valence-electron chi connectivity index (χ4n) is 1.94. The van der Waals surface area contributed by atoms with E-state index in [-0.39, 0.29) is 36.0 Å². The van der Waals surface area contributed by atoms with Crippen molar-refractivity contribution in [1.29, 1.82) is 0 Å². The molecule has 2 aromatic carbocycles. The molecule has 0 spiro atoms. The van der Waals surface area contributed by atoms with Gasteiger partial charge in [-0.15, -0.1) is 0 Å². The second-order valence-electron chi connectivity index (χ2n) is 4.67. The van der Waals surface area contributed by atoms with E-state index in [0.29, 0.717) is 6.61 Å². The molecule has 0 amide bonds. The second kappa shape index (κ2) is 9.64. The zero-order chi connectivity index (χ0) is 15.1. The summed E-state index contributed by atoms with van der Waals surface area (Å²) in [4.78, 5) is 10.8. The van der Waals surface area contributed by atoms with Crippen LogP contribution in [0.5, 0.6) is 5.75 Å². The summed E-state index contributed by atoms with van der Waals surface area (Å²) in [5.41, 5.74) is 1.95. The predicted octanol–water partition coefficient (Wildman–Crippen LogP) is -1.42. The third kappa shape index (κ3) is 5.81. The van der Waals surface area contributed by atoms with Crippen molar-refractivity contribution in [3.05, 3.63) is 65.7 Å². The first-order valence-corrected chi connectivity index (χ1v) is 6.68. The zero-order valence-corrected chi connectivity index (χ0v) is 14.8. The molecular weight excluding hydrogens is 291 g/mol. The van der Waals surface area contributed by atoms with Gasteiger partial charge >= 0.3 is 29.6 Å². The van der Waals surface area contributed by atoms with Crippen LogP contribution in [0, 0.1) is 0 Å². The van der Waals surface area contributed by atoms with Crippen LogP contribution in [0.4, 0.5) is 0 Å². The van der Waals surface area contributed by atoms with Crippen molar-refractivity contribution in [2.75, 3.05) is 7.11 Å². The average molecular weight is 308 g/mol. The number of benzene rings is 2. The van der Waals surface area contributed by atoms with Crippen LogP contribution in [-0.4, -0.2) is 19.2 Å². The normalized spacial score (nSPS) is 11.3. The number of ether oxygens (including phenoxy) is 2. The Kier molecular flexibility index (Phi) is 8.20. The molecule has 0 saturated heterocycles. The molecule has 0 aromatic heterocycles. The minimum atomic E-state index is -1.21. The maximum Gasteiger partial charge on any atom is 1.00 e. The van der Waals surface area contributed by atoms with Crippen molar-refractivity contribution >= 4 is 5.97 Å². The summed E-state index contributed by atoms with van der Waals surface area (Å²) >= 11 is 0. The number of hydrogen-bond acceptors (Lipinski definition) is 4. The molecular formula is C17H17NaO4. The largest absolute Gasteiger partial charge is 1.00 e. The molecule has 1 unspecified atom stereocenters. The Balaban J connectivity index is 0.00000242. The number of hydrogen-bond donors (Lipinski definition) is 0. The SMILES string of the molecule is COC(Cc1ccc(OCc2ccccc2)cc1)C(=O)[O-].[Na+]. The predicted molar refractivity (Wildman–Crippen MR) is 76.7 cm³/mol. The number of carboxylic acids is 1. The fraction of sp³-hybridized carbons (Fsp3) is 0.235. The van der Waals surface area contributed by atoms with Gasteiger partial charge in [-0.2, -0.15) is 0 Å². The smallest absolute Gasteiger partial charge is 0.547 e. The van der Waals surface area contributed by atoms with Crippen LogP contribution in [0.25, 0.3) is 0 Å². The molecule has 4 nitrogen and oxygen atoms in total. The Morgan fingerprint density at radius 2 is 1.68 bits per heavy atom. The summed E-state index contributed by atoms with van der Waals surface area (Å²) in [5.74, 6) is -0.466. The van der Waals surface area contributed by atoms with Gasteiger partial charge in [-0.1, -0.05) is 42.5 Å². The third-order valence-electron chi connectivity index (χ3n) is 3.14. The summed E-state index contributed by atoms with van der Waals surface area (Å²) in [6, 6.07) is 17.2. The van der Waals surface area contributed by atoms with Gasteiger partial charge < -0.3 is 19.4 Å². The van der Waals surface area contributed by atoms with Crippen molar-refractivity contribution in [2.24, 2.45) is 0 Å². The number of carbonyl (C=O) groups is 1. The molecule has 5 heteroatoms. The van der Waals surface area contributed by atoms with E-state index in [1.165, 1.54) is 7.11 Å². The molecule has 1 atom stereocenters. The Hall–Kier alpha value is -1.33. The molecule has 0 aliphatic heterocycles. The van der Waals surface area contributed by atoms with E-state index in [2.05, 4.69) is 0 Å². The maximum atomic E-state index is 10.8. The van der Waals surface area contributed by atoms with Gasteiger partial charge in [-0.25, -0.2) is 0 Å². The molecule has 0 fully saturated rings. The second-order valence-corrected chi connectivity index (χ2v) is 4.67. The quantitative estimate of drug-likeness (QED) is 0.589. The van der Waals surface area contributed by atoms with Crippen molar-refractivity contribution in [2.45, 2.75) is 19.1 Å². The Labute approximate surface area is 152 Å². The molecule has 0 heterocycles. The van der Waals surface area contributed by atoms with E-state index in [1.54, 1.807) is 0 Å². The molecule has 0 N–H and O–H groups in total. The van der Waals surface area contributed by atoms with Crippen molar-refractivity contribution in [3.8, 4) is 5.75 Å². The van der Waals surface area contributed by atoms with Gasteiger partial charge in [-0.05, 0) is 23.3 Å². The molecule has 0 aliphatic carbocycles. The molecule has 2 rings (SSSR count). The maximum absolute atomic E-state index is 10.8. The zero-order valence-electron chi connectivity index (χ0n) is 12.8. The number of methoxy groups -OCH3 is 1. The Bertz CT molecular complexity index is 569. The van der Waals surface area contributed by atoms with Gasteiger partial charge in [0.25, 0.3) is 0 Å². The molecule has 0 radical (unpaired) electrons. The van der Waals surface area contributed by atoms with E-state index >= 15 is 0 Å². The standard InChI is InChI=1S/C17H18O4.Na/c1-20-16(17(18)19)11-13-7-9-15(10-8-13)21-12-14-5-3-2-4-6-14;/h2-10,16H,11-12H2,1H3,(H,18,19);/q;+1/p-1. The first kappa shape index (κ1) is 18.7. The van der Waals surface area contributed by atoms with Crippen LogP contribution in [0.15, 0.2) is 54.6 Å². The minimum Gasteiger partial charge on any atom is -0.547 e. The molecule has 110 valence electrons. The van der Waals surface area contributed by atoms with E-state index in [9.17, 15) is 9.90 Å². The van der Waals surface area contributed by atoms with E-state index < -0.39 is 12.1 Å². The summed E-state index contributed by atoms with van der Waals surface area (Å²) in [6.07, 6.45) is -0.654. The van der Waals surface area contributed by atoms with Crippen LogP contribution < -0.4 is 39.4 Å². The van der Waals surface area contributed by atoms with Crippen LogP contribution >= 0.6 is 0 Å². The topological polar surface area (TPSA) is 58.6 Å². The van der Waals surface area contributed by atoms with Crippen molar-refractivity contribution < 1.29 is 48.9 Å². The Morgan fingerprint density at radius 1 is 1.05 bits per heavy atom.